The van der Waals surface area contributed by atoms with Crippen LogP contribution >= 0.6 is 0 Å². The van der Waals surface area contributed by atoms with Crippen molar-refractivity contribution in [3.05, 3.63) is 29.8 Å². The molecule has 0 saturated heterocycles. The number of benzene rings is 1. The smallest absolute Gasteiger partial charge is 0.338 e. The van der Waals surface area contributed by atoms with Gasteiger partial charge in [-0.25, -0.2) is 17.9 Å². The van der Waals surface area contributed by atoms with E-state index in [9.17, 15) is 13.2 Å². The van der Waals surface area contributed by atoms with Gasteiger partial charge in [-0.1, -0.05) is 6.07 Å². The second kappa shape index (κ2) is 6.70. The van der Waals surface area contributed by atoms with E-state index in [0.717, 1.165) is 12.8 Å². The van der Waals surface area contributed by atoms with Crippen LogP contribution < -0.4 is 4.72 Å². The summed E-state index contributed by atoms with van der Waals surface area (Å²) in [5.41, 5.74) is 0.186. The quantitative estimate of drug-likeness (QED) is 0.609. The number of nitrogens with one attached hydrogen (secondary N) is 1. The van der Waals surface area contributed by atoms with E-state index < -0.39 is 16.0 Å². The maximum absolute atomic E-state index is 12.1. The predicted octanol–water partition coefficient (Wildman–Crippen LogP) is 1.59. The van der Waals surface area contributed by atoms with Crippen molar-refractivity contribution in [3.63, 3.8) is 0 Å². The molecule has 1 aromatic rings. The number of sulfonamides is 1. The summed E-state index contributed by atoms with van der Waals surface area (Å²) in [6, 6.07) is 7.72. The first-order chi connectivity index (χ1) is 10.0. The van der Waals surface area contributed by atoms with Gasteiger partial charge >= 0.3 is 5.97 Å². The average molecular weight is 308 g/mol. The van der Waals surface area contributed by atoms with E-state index in [1.54, 1.807) is 0 Å². The van der Waals surface area contributed by atoms with Gasteiger partial charge in [-0.2, -0.15) is 5.26 Å². The van der Waals surface area contributed by atoms with Gasteiger partial charge < -0.3 is 4.74 Å². The summed E-state index contributed by atoms with van der Waals surface area (Å²) in [4.78, 5) is 11.9. The van der Waals surface area contributed by atoms with Crippen molar-refractivity contribution in [1.82, 2.24) is 4.72 Å². The van der Waals surface area contributed by atoms with Crippen molar-refractivity contribution in [3.8, 4) is 6.07 Å². The molecular weight excluding hydrogens is 292 g/mol. The molecule has 0 amide bonds. The molecule has 2 rings (SSSR count). The minimum atomic E-state index is -3.58. The number of unbranched alkanes of at least 4 members (excludes halogenated alkanes) is 1. The molecule has 7 heteroatoms. The van der Waals surface area contributed by atoms with E-state index in [1.165, 1.54) is 24.3 Å². The fraction of sp³-hybridized carbons (Fsp3) is 0.429. The molecule has 21 heavy (non-hydrogen) atoms. The maximum Gasteiger partial charge on any atom is 0.338 e. The molecule has 1 aliphatic rings. The summed E-state index contributed by atoms with van der Waals surface area (Å²) in [6.07, 6.45) is 2.47. The lowest BCUT2D eigenvalue weighted by Crippen LogP contribution is -2.25. The Bertz CT molecular complexity index is 660. The van der Waals surface area contributed by atoms with Gasteiger partial charge in [-0.15, -0.1) is 0 Å². The molecule has 0 radical (unpaired) electrons. The maximum atomic E-state index is 12.1. The van der Waals surface area contributed by atoms with E-state index in [1.807, 2.05) is 6.07 Å². The molecule has 112 valence electrons. The molecule has 0 atom stereocenters. The highest BCUT2D eigenvalue weighted by atomic mass is 32.2. The van der Waals surface area contributed by atoms with Gasteiger partial charge in [0, 0.05) is 12.5 Å². The normalized spacial score (nSPS) is 14.4. The topological polar surface area (TPSA) is 96.3 Å². The molecule has 1 aliphatic carbocycles. The number of ether oxygens (including phenoxy) is 1. The minimum Gasteiger partial charge on any atom is -0.462 e. The molecule has 0 heterocycles. The van der Waals surface area contributed by atoms with E-state index in [2.05, 4.69) is 4.72 Å². The average Bonchev–Trinajstić information content (AvgIpc) is 3.27. The molecule has 6 nitrogen and oxygen atoms in total. The predicted molar refractivity (Wildman–Crippen MR) is 74.9 cm³/mol. The third-order valence-corrected chi connectivity index (χ3v) is 4.46. The van der Waals surface area contributed by atoms with Gasteiger partial charge in [0.05, 0.1) is 23.1 Å². The molecule has 1 aromatic carbocycles. The third-order valence-electron chi connectivity index (χ3n) is 2.95. The molecule has 0 aromatic heterocycles. The molecule has 1 N–H and O–H groups in total. The SMILES string of the molecule is N#CCCCOC(=O)c1cccc(S(=O)(=O)NC2CC2)c1. The molecule has 1 saturated carbocycles. The fourth-order valence-corrected chi connectivity index (χ4v) is 3.03. The first-order valence-electron chi connectivity index (χ1n) is 6.69. The molecular formula is C14H16N2O4S. The number of carbonyl (C=O) groups excluding carboxylic acids is 1. The monoisotopic (exact) mass is 308 g/mol. The first kappa shape index (κ1) is 15.5. The lowest BCUT2D eigenvalue weighted by molar-refractivity contribution is 0.0501. The Labute approximate surface area is 123 Å². The zero-order valence-corrected chi connectivity index (χ0v) is 12.2. The van der Waals surface area contributed by atoms with Crippen LogP contribution in [0, 0.1) is 11.3 Å². The van der Waals surface area contributed by atoms with Crippen LogP contribution in [0.5, 0.6) is 0 Å². The summed E-state index contributed by atoms with van der Waals surface area (Å²) in [5, 5.41) is 8.39. The Morgan fingerprint density at radius 1 is 1.43 bits per heavy atom. The Balaban J connectivity index is 2.03. The zero-order chi connectivity index (χ0) is 15.3. The Morgan fingerprint density at radius 2 is 2.19 bits per heavy atom. The van der Waals surface area contributed by atoms with Gasteiger partial charge in [0.1, 0.15) is 0 Å². The van der Waals surface area contributed by atoms with Crippen molar-refractivity contribution < 1.29 is 17.9 Å². The van der Waals surface area contributed by atoms with E-state index in [-0.39, 0.29) is 23.1 Å². The summed E-state index contributed by atoms with van der Waals surface area (Å²) in [5.74, 6) is -0.587. The van der Waals surface area contributed by atoms with Crippen LogP contribution in [0.1, 0.15) is 36.0 Å². The zero-order valence-electron chi connectivity index (χ0n) is 11.4. The third kappa shape index (κ3) is 4.55. The van der Waals surface area contributed by atoms with Crippen molar-refractivity contribution in [1.29, 1.82) is 5.26 Å². The van der Waals surface area contributed by atoms with Gasteiger partial charge in [0.2, 0.25) is 10.0 Å². The van der Waals surface area contributed by atoms with Crippen LogP contribution in [0.25, 0.3) is 0 Å². The number of nitrogens with zero attached hydrogens (tertiary/aromatic N) is 1. The van der Waals surface area contributed by atoms with Gasteiger partial charge in [0.15, 0.2) is 0 Å². The summed E-state index contributed by atoms with van der Waals surface area (Å²) >= 11 is 0. The van der Waals surface area contributed by atoms with Crippen molar-refractivity contribution in [2.24, 2.45) is 0 Å². The number of rotatable bonds is 7. The molecule has 0 spiro atoms. The van der Waals surface area contributed by atoms with Crippen LogP contribution in [-0.4, -0.2) is 27.0 Å². The lowest BCUT2D eigenvalue weighted by atomic mass is 10.2. The first-order valence-corrected chi connectivity index (χ1v) is 8.18. The van der Waals surface area contributed by atoms with Crippen LogP contribution in [0.3, 0.4) is 0 Å². The number of nitriles is 1. The largest absolute Gasteiger partial charge is 0.462 e. The van der Waals surface area contributed by atoms with Crippen LogP contribution in [0.4, 0.5) is 0 Å². The van der Waals surface area contributed by atoms with Gasteiger partial charge in [-0.3, -0.25) is 0 Å². The van der Waals surface area contributed by atoms with E-state index in [4.69, 9.17) is 10.00 Å². The fourth-order valence-electron chi connectivity index (χ4n) is 1.68. The highest BCUT2D eigenvalue weighted by molar-refractivity contribution is 7.89. The number of hydrogen-bond donors (Lipinski definition) is 1. The number of esters is 1. The van der Waals surface area contributed by atoms with Crippen molar-refractivity contribution in [2.75, 3.05) is 6.61 Å². The lowest BCUT2D eigenvalue weighted by Gasteiger charge is -2.07. The Kier molecular flexibility index (Phi) is 4.94. The summed E-state index contributed by atoms with van der Waals surface area (Å²) < 4.78 is 31.7. The highest BCUT2D eigenvalue weighted by Gasteiger charge is 2.28. The molecule has 0 aliphatic heterocycles. The number of carbonyl (C=O) groups is 1. The van der Waals surface area contributed by atoms with Gasteiger partial charge in [0.25, 0.3) is 0 Å². The summed E-state index contributed by atoms with van der Waals surface area (Å²) in [6.45, 7) is 0.143. The second-order valence-electron chi connectivity index (χ2n) is 4.82. The molecule has 0 unspecified atom stereocenters. The van der Waals surface area contributed by atoms with Crippen LogP contribution in [0.2, 0.25) is 0 Å². The van der Waals surface area contributed by atoms with Crippen molar-refractivity contribution >= 4 is 16.0 Å². The van der Waals surface area contributed by atoms with E-state index >= 15 is 0 Å². The molecule has 0 bridgehead atoms. The highest BCUT2D eigenvalue weighted by Crippen LogP contribution is 2.22. The standard InChI is InChI=1S/C14H16N2O4S/c15-8-1-2-9-20-14(17)11-4-3-5-13(10-11)21(18,19)16-12-6-7-12/h3-5,10,12,16H,1-2,6-7,9H2. The number of hydrogen-bond acceptors (Lipinski definition) is 5. The van der Waals surface area contributed by atoms with Crippen LogP contribution in [-0.2, 0) is 14.8 Å². The minimum absolute atomic E-state index is 0.0107. The Morgan fingerprint density at radius 3 is 2.86 bits per heavy atom. The van der Waals surface area contributed by atoms with Crippen molar-refractivity contribution in [2.45, 2.75) is 36.6 Å². The van der Waals surface area contributed by atoms with E-state index in [0.29, 0.717) is 12.8 Å². The second-order valence-corrected chi connectivity index (χ2v) is 6.53. The summed E-state index contributed by atoms with van der Waals surface area (Å²) in [7, 11) is -3.58. The van der Waals surface area contributed by atoms with Crippen LogP contribution in [0.15, 0.2) is 29.2 Å². The molecule has 1 fully saturated rings. The van der Waals surface area contributed by atoms with Gasteiger partial charge in [-0.05, 0) is 37.5 Å². The Hall–Kier alpha value is -1.91.